The average Bonchev–Trinajstić information content (AvgIpc) is 2.74. The third kappa shape index (κ3) is 8.11. The predicted molar refractivity (Wildman–Crippen MR) is 120 cm³/mol. The van der Waals surface area contributed by atoms with Crippen molar-refractivity contribution in [2.75, 3.05) is 18.5 Å². The molecule has 2 aromatic rings. The molecule has 2 N–H and O–H groups in total. The SMILES string of the molecule is CCCCOc1ccc(C(=O)NCC(=O)OC(C)C(=O)Nc2ccc(Cl)cc2Cl)cc1. The second kappa shape index (κ2) is 12.2. The number of benzene rings is 2. The largest absolute Gasteiger partial charge is 0.494 e. The molecule has 9 heteroatoms. The molecule has 0 spiro atoms. The van der Waals surface area contributed by atoms with Crippen LogP contribution in [-0.4, -0.2) is 37.0 Å². The fourth-order valence-electron chi connectivity index (χ4n) is 2.41. The first-order chi connectivity index (χ1) is 14.8. The first-order valence-electron chi connectivity index (χ1n) is 9.76. The van der Waals surface area contributed by atoms with E-state index in [1.165, 1.54) is 19.1 Å². The number of amides is 2. The number of hydrogen-bond acceptors (Lipinski definition) is 5. The Morgan fingerprint density at radius 3 is 2.42 bits per heavy atom. The second-order valence-corrected chi connectivity index (χ2v) is 7.50. The van der Waals surface area contributed by atoms with E-state index in [0.717, 1.165) is 12.8 Å². The maximum absolute atomic E-state index is 12.2. The smallest absolute Gasteiger partial charge is 0.326 e. The Morgan fingerprint density at radius 1 is 1.06 bits per heavy atom. The van der Waals surface area contributed by atoms with Gasteiger partial charge in [-0.15, -0.1) is 0 Å². The van der Waals surface area contributed by atoms with Gasteiger partial charge in [-0.05, 0) is 55.8 Å². The minimum Gasteiger partial charge on any atom is -0.494 e. The lowest BCUT2D eigenvalue weighted by atomic mass is 10.2. The van der Waals surface area contributed by atoms with Crippen molar-refractivity contribution >= 4 is 46.7 Å². The molecule has 0 radical (unpaired) electrons. The molecule has 0 fully saturated rings. The van der Waals surface area contributed by atoms with E-state index < -0.39 is 23.9 Å². The quantitative estimate of drug-likeness (QED) is 0.397. The number of halogens is 2. The summed E-state index contributed by atoms with van der Waals surface area (Å²) < 4.78 is 10.6. The summed E-state index contributed by atoms with van der Waals surface area (Å²) in [7, 11) is 0. The number of anilines is 1. The van der Waals surface area contributed by atoms with Gasteiger partial charge >= 0.3 is 5.97 Å². The topological polar surface area (TPSA) is 93.7 Å². The van der Waals surface area contributed by atoms with Crippen LogP contribution < -0.4 is 15.4 Å². The van der Waals surface area contributed by atoms with E-state index in [4.69, 9.17) is 32.7 Å². The molecule has 0 aliphatic carbocycles. The van der Waals surface area contributed by atoms with Crippen LogP contribution in [0.5, 0.6) is 5.75 Å². The number of unbranched alkanes of at least 4 members (excludes halogenated alkanes) is 1. The predicted octanol–water partition coefficient (Wildman–Crippen LogP) is 4.47. The van der Waals surface area contributed by atoms with E-state index in [1.54, 1.807) is 30.3 Å². The zero-order valence-electron chi connectivity index (χ0n) is 17.2. The van der Waals surface area contributed by atoms with Gasteiger partial charge in [0.1, 0.15) is 12.3 Å². The van der Waals surface area contributed by atoms with Crippen molar-refractivity contribution in [3.63, 3.8) is 0 Å². The van der Waals surface area contributed by atoms with Crippen LogP contribution in [0.3, 0.4) is 0 Å². The monoisotopic (exact) mass is 466 g/mol. The van der Waals surface area contributed by atoms with Gasteiger partial charge in [-0.3, -0.25) is 14.4 Å². The van der Waals surface area contributed by atoms with Crippen molar-refractivity contribution in [1.82, 2.24) is 5.32 Å². The molecule has 166 valence electrons. The molecule has 0 aliphatic heterocycles. The van der Waals surface area contributed by atoms with Gasteiger partial charge in [0.2, 0.25) is 0 Å². The zero-order valence-corrected chi connectivity index (χ0v) is 18.8. The summed E-state index contributed by atoms with van der Waals surface area (Å²) >= 11 is 11.8. The molecule has 0 heterocycles. The molecule has 1 unspecified atom stereocenters. The summed E-state index contributed by atoms with van der Waals surface area (Å²) in [5.74, 6) is -1.09. The first kappa shape index (κ1) is 24.5. The number of carbonyl (C=O) groups excluding carboxylic acids is 3. The summed E-state index contributed by atoms with van der Waals surface area (Å²) in [5, 5.41) is 5.69. The van der Waals surface area contributed by atoms with Crippen LogP contribution in [0, 0.1) is 0 Å². The highest BCUT2D eigenvalue weighted by Crippen LogP contribution is 2.25. The number of ether oxygens (including phenoxy) is 2. The number of rotatable bonds is 10. The standard InChI is InChI=1S/C22H24Cl2N2O5/c1-3-4-11-30-17-8-5-15(6-9-17)22(29)25-13-20(27)31-14(2)21(28)26-19-10-7-16(23)12-18(19)24/h5-10,12,14H,3-4,11,13H2,1-2H3,(H,25,29)(H,26,28). The van der Waals surface area contributed by atoms with E-state index in [0.29, 0.717) is 28.6 Å². The van der Waals surface area contributed by atoms with Crippen LogP contribution >= 0.6 is 23.2 Å². The molecular formula is C22H24Cl2N2O5. The molecule has 0 bridgehead atoms. The Kier molecular flexibility index (Phi) is 9.62. The molecule has 1 atom stereocenters. The lowest BCUT2D eigenvalue weighted by Gasteiger charge is -2.14. The molecule has 0 saturated carbocycles. The highest BCUT2D eigenvalue weighted by Gasteiger charge is 2.19. The Balaban J connectivity index is 1.78. The molecule has 31 heavy (non-hydrogen) atoms. The van der Waals surface area contributed by atoms with Gasteiger partial charge in [-0.2, -0.15) is 0 Å². The van der Waals surface area contributed by atoms with Gasteiger partial charge in [-0.1, -0.05) is 36.5 Å². The van der Waals surface area contributed by atoms with E-state index in [1.807, 2.05) is 0 Å². The lowest BCUT2D eigenvalue weighted by molar-refractivity contribution is -0.152. The Bertz CT molecular complexity index is 919. The van der Waals surface area contributed by atoms with Gasteiger partial charge in [0.05, 0.1) is 17.3 Å². The highest BCUT2D eigenvalue weighted by atomic mass is 35.5. The number of carbonyl (C=O) groups is 3. The van der Waals surface area contributed by atoms with Crippen molar-refractivity contribution in [2.45, 2.75) is 32.8 Å². The summed E-state index contributed by atoms with van der Waals surface area (Å²) in [6.07, 6.45) is 0.898. The molecule has 2 amide bonds. The van der Waals surface area contributed by atoms with Crippen molar-refractivity contribution in [2.24, 2.45) is 0 Å². The third-order valence-corrected chi connectivity index (χ3v) is 4.69. The van der Waals surface area contributed by atoms with Crippen molar-refractivity contribution in [1.29, 1.82) is 0 Å². The van der Waals surface area contributed by atoms with Gasteiger partial charge in [0, 0.05) is 10.6 Å². The molecular weight excluding hydrogens is 443 g/mol. The van der Waals surface area contributed by atoms with Crippen molar-refractivity contribution in [3.8, 4) is 5.75 Å². The molecule has 2 aromatic carbocycles. The minimum absolute atomic E-state index is 0.258. The molecule has 2 rings (SSSR count). The molecule has 0 saturated heterocycles. The van der Waals surface area contributed by atoms with E-state index in [9.17, 15) is 14.4 Å². The van der Waals surface area contributed by atoms with Crippen molar-refractivity contribution in [3.05, 3.63) is 58.1 Å². The lowest BCUT2D eigenvalue weighted by Crippen LogP contribution is -2.35. The summed E-state index contributed by atoms with van der Waals surface area (Å²) in [5.41, 5.74) is 0.716. The van der Waals surface area contributed by atoms with E-state index in [-0.39, 0.29) is 11.6 Å². The fraction of sp³-hybridized carbons (Fsp3) is 0.318. The molecule has 0 aromatic heterocycles. The Hall–Kier alpha value is -2.77. The molecule has 7 nitrogen and oxygen atoms in total. The van der Waals surface area contributed by atoms with Crippen LogP contribution in [0.2, 0.25) is 10.0 Å². The Labute approximate surface area is 191 Å². The van der Waals surface area contributed by atoms with Crippen LogP contribution in [-0.2, 0) is 14.3 Å². The fourth-order valence-corrected chi connectivity index (χ4v) is 2.86. The van der Waals surface area contributed by atoms with Crippen LogP contribution in [0.1, 0.15) is 37.0 Å². The third-order valence-electron chi connectivity index (χ3n) is 4.14. The summed E-state index contributed by atoms with van der Waals surface area (Å²) in [4.78, 5) is 36.4. The minimum atomic E-state index is -1.09. The second-order valence-electron chi connectivity index (χ2n) is 6.65. The van der Waals surface area contributed by atoms with Crippen LogP contribution in [0.15, 0.2) is 42.5 Å². The zero-order chi connectivity index (χ0) is 22.8. The highest BCUT2D eigenvalue weighted by molar-refractivity contribution is 6.36. The van der Waals surface area contributed by atoms with Gasteiger partial charge in [0.15, 0.2) is 6.10 Å². The van der Waals surface area contributed by atoms with Gasteiger partial charge < -0.3 is 20.1 Å². The Morgan fingerprint density at radius 2 is 1.77 bits per heavy atom. The van der Waals surface area contributed by atoms with Crippen LogP contribution in [0.4, 0.5) is 5.69 Å². The maximum Gasteiger partial charge on any atom is 0.326 e. The maximum atomic E-state index is 12.2. The van der Waals surface area contributed by atoms with E-state index >= 15 is 0 Å². The van der Waals surface area contributed by atoms with Crippen LogP contribution in [0.25, 0.3) is 0 Å². The van der Waals surface area contributed by atoms with E-state index in [2.05, 4.69) is 17.6 Å². The number of esters is 1. The van der Waals surface area contributed by atoms with Gasteiger partial charge in [-0.25, -0.2) is 0 Å². The number of hydrogen-bond donors (Lipinski definition) is 2. The first-order valence-corrected chi connectivity index (χ1v) is 10.5. The van der Waals surface area contributed by atoms with Gasteiger partial charge in [0.25, 0.3) is 11.8 Å². The number of nitrogens with one attached hydrogen (secondary N) is 2. The summed E-state index contributed by atoms with van der Waals surface area (Å²) in [6, 6.07) is 11.2. The van der Waals surface area contributed by atoms with Crippen molar-refractivity contribution < 1.29 is 23.9 Å². The molecule has 0 aliphatic rings. The summed E-state index contributed by atoms with van der Waals surface area (Å²) in [6.45, 7) is 3.72. The average molecular weight is 467 g/mol. The normalized spacial score (nSPS) is 11.4.